The lowest BCUT2D eigenvalue weighted by Gasteiger charge is -2.30. The fourth-order valence-electron chi connectivity index (χ4n) is 4.54. The maximum absolute atomic E-state index is 14.6. The first-order valence-corrected chi connectivity index (χ1v) is 11.5. The van der Waals surface area contributed by atoms with E-state index in [1.807, 2.05) is 4.90 Å². The summed E-state index contributed by atoms with van der Waals surface area (Å²) < 4.78 is 70.0. The number of hydrogen-bond donors (Lipinski definition) is 1. The minimum atomic E-state index is -4.91. The van der Waals surface area contributed by atoms with E-state index in [1.165, 1.54) is 42.5 Å². The Morgan fingerprint density at radius 2 is 1.65 bits per heavy atom. The number of nitrogens with zero attached hydrogens (tertiary/aromatic N) is 4. The van der Waals surface area contributed by atoms with Gasteiger partial charge in [0.25, 0.3) is 0 Å². The molecule has 0 amide bonds. The first-order valence-electron chi connectivity index (χ1n) is 11.5. The molecule has 0 bridgehead atoms. The highest BCUT2D eigenvalue weighted by atomic mass is 19.4. The molecule has 1 aliphatic rings. The third-order valence-corrected chi connectivity index (χ3v) is 6.46. The highest BCUT2D eigenvalue weighted by molar-refractivity contribution is 5.96. The second-order valence-electron chi connectivity index (χ2n) is 8.87. The van der Waals surface area contributed by atoms with Gasteiger partial charge in [-0.2, -0.15) is 13.2 Å². The van der Waals surface area contributed by atoms with Crippen molar-refractivity contribution in [2.24, 2.45) is 5.73 Å². The van der Waals surface area contributed by atoms with E-state index in [1.54, 1.807) is 6.07 Å². The van der Waals surface area contributed by atoms with Crippen LogP contribution in [-0.2, 0) is 6.18 Å². The molecule has 5 rings (SSSR count). The third-order valence-electron chi connectivity index (χ3n) is 6.46. The van der Waals surface area contributed by atoms with Gasteiger partial charge in [0, 0.05) is 30.1 Å². The van der Waals surface area contributed by atoms with E-state index < -0.39 is 23.4 Å². The van der Waals surface area contributed by atoms with E-state index >= 15 is 0 Å². The number of fused-ring (bicyclic) bond motifs is 1. The van der Waals surface area contributed by atoms with Crippen LogP contribution in [0.5, 0.6) is 0 Å². The number of aromatic nitrogens is 2. The molecule has 10 heteroatoms. The van der Waals surface area contributed by atoms with Gasteiger partial charge in [-0.05, 0) is 48.2 Å². The van der Waals surface area contributed by atoms with E-state index in [2.05, 4.69) is 14.8 Å². The maximum Gasteiger partial charge on any atom is 0.419 e. The zero-order chi connectivity index (χ0) is 26.3. The van der Waals surface area contributed by atoms with Crippen molar-refractivity contribution in [1.29, 1.82) is 0 Å². The van der Waals surface area contributed by atoms with Crippen molar-refractivity contribution in [3.8, 4) is 22.4 Å². The van der Waals surface area contributed by atoms with Crippen molar-refractivity contribution < 1.29 is 22.0 Å². The van der Waals surface area contributed by atoms with Crippen molar-refractivity contribution in [3.05, 3.63) is 83.2 Å². The summed E-state index contributed by atoms with van der Waals surface area (Å²) in [4.78, 5) is 14.4. The summed E-state index contributed by atoms with van der Waals surface area (Å²) in [6, 6.07) is 11.7. The minimum Gasteiger partial charge on any atom is -0.341 e. The van der Waals surface area contributed by atoms with Gasteiger partial charge in [-0.1, -0.05) is 30.3 Å². The smallest absolute Gasteiger partial charge is 0.341 e. The summed E-state index contributed by atoms with van der Waals surface area (Å²) in [5.41, 5.74) is 5.31. The van der Waals surface area contributed by atoms with Crippen molar-refractivity contribution in [2.45, 2.75) is 25.1 Å². The molecule has 0 unspecified atom stereocenters. The van der Waals surface area contributed by atoms with Crippen LogP contribution < -0.4 is 10.6 Å². The molecule has 0 radical (unpaired) electrons. The van der Waals surface area contributed by atoms with Crippen LogP contribution in [0.2, 0.25) is 0 Å². The van der Waals surface area contributed by atoms with Crippen molar-refractivity contribution in [1.82, 2.24) is 9.97 Å². The molecule has 1 saturated heterocycles. The Kier molecular flexibility index (Phi) is 6.25. The van der Waals surface area contributed by atoms with E-state index in [0.29, 0.717) is 35.5 Å². The standard InChI is InChI=1S/C27H20F5N5/c1-34-23-8-6-16(14-21(23)29)25-19-13-15(18-3-2-4-20(28)24(18)27(30,31)32)5-7-22(19)35-26(36-25)37-11-9-17(33)10-12-37/h2-8,13-14,17H,9-12,33H2. The summed E-state index contributed by atoms with van der Waals surface area (Å²) >= 11 is 0. The minimum absolute atomic E-state index is 0.0723. The summed E-state index contributed by atoms with van der Waals surface area (Å²) in [5.74, 6) is -1.74. The van der Waals surface area contributed by atoms with Crippen LogP contribution in [0.1, 0.15) is 18.4 Å². The lowest BCUT2D eigenvalue weighted by Crippen LogP contribution is -2.40. The molecule has 3 aromatic carbocycles. The Morgan fingerprint density at radius 3 is 2.32 bits per heavy atom. The van der Waals surface area contributed by atoms with Crippen LogP contribution in [-0.4, -0.2) is 29.1 Å². The second-order valence-corrected chi connectivity index (χ2v) is 8.87. The maximum atomic E-state index is 14.6. The predicted molar refractivity (Wildman–Crippen MR) is 131 cm³/mol. The Labute approximate surface area is 209 Å². The predicted octanol–water partition coefficient (Wildman–Crippen LogP) is 6.74. The molecule has 2 N–H and O–H groups in total. The average Bonchev–Trinajstić information content (AvgIpc) is 2.87. The molecule has 0 spiro atoms. The van der Waals surface area contributed by atoms with Gasteiger partial charge in [0.2, 0.25) is 11.6 Å². The van der Waals surface area contributed by atoms with Gasteiger partial charge >= 0.3 is 6.18 Å². The topological polar surface area (TPSA) is 59.4 Å². The molecule has 0 saturated carbocycles. The van der Waals surface area contributed by atoms with E-state index in [4.69, 9.17) is 12.3 Å². The Morgan fingerprint density at radius 1 is 0.919 bits per heavy atom. The van der Waals surface area contributed by atoms with Gasteiger partial charge in [-0.25, -0.2) is 23.6 Å². The number of hydrogen-bond acceptors (Lipinski definition) is 4. The van der Waals surface area contributed by atoms with Gasteiger partial charge in [0.15, 0.2) is 0 Å². The Hall–Kier alpha value is -4.10. The summed E-state index contributed by atoms with van der Waals surface area (Å²) in [6.45, 7) is 8.34. The van der Waals surface area contributed by atoms with Crippen LogP contribution in [0.15, 0.2) is 54.6 Å². The van der Waals surface area contributed by atoms with Crippen LogP contribution in [0.25, 0.3) is 38.1 Å². The number of halogens is 5. The molecule has 1 fully saturated rings. The van der Waals surface area contributed by atoms with Crippen LogP contribution >= 0.6 is 0 Å². The van der Waals surface area contributed by atoms with Crippen molar-refractivity contribution in [2.75, 3.05) is 18.0 Å². The number of benzene rings is 3. The number of alkyl halides is 3. The molecule has 0 atom stereocenters. The Balaban J connectivity index is 1.73. The first-order chi connectivity index (χ1) is 17.7. The lowest BCUT2D eigenvalue weighted by atomic mass is 9.96. The lowest BCUT2D eigenvalue weighted by molar-refractivity contribution is -0.139. The normalized spacial score (nSPS) is 14.7. The third kappa shape index (κ3) is 4.70. The zero-order valence-corrected chi connectivity index (χ0v) is 19.4. The summed E-state index contributed by atoms with van der Waals surface area (Å²) in [7, 11) is 0. The van der Waals surface area contributed by atoms with Crippen LogP contribution in [0.3, 0.4) is 0 Å². The summed E-state index contributed by atoms with van der Waals surface area (Å²) in [6.07, 6.45) is -3.43. The molecule has 188 valence electrons. The molecule has 0 aliphatic carbocycles. The van der Waals surface area contributed by atoms with Crippen LogP contribution in [0, 0.1) is 18.2 Å². The molecule has 4 aromatic rings. The fraction of sp³-hybridized carbons (Fsp3) is 0.222. The van der Waals surface area contributed by atoms with Gasteiger partial charge < -0.3 is 10.6 Å². The SMILES string of the molecule is [C-]#[N+]c1ccc(-c2nc(N3CCC(N)CC3)nc3ccc(-c4cccc(F)c4C(F)(F)F)cc23)cc1F. The number of nitrogens with two attached hydrogens (primary N) is 1. The van der Waals surface area contributed by atoms with Gasteiger partial charge in [0.1, 0.15) is 11.6 Å². The van der Waals surface area contributed by atoms with E-state index in [-0.39, 0.29) is 28.6 Å². The van der Waals surface area contributed by atoms with Gasteiger partial charge in [-0.15, -0.1) is 0 Å². The van der Waals surface area contributed by atoms with Gasteiger partial charge in [-0.3, -0.25) is 0 Å². The van der Waals surface area contributed by atoms with Crippen LogP contribution in [0.4, 0.5) is 33.6 Å². The average molecular weight is 509 g/mol. The van der Waals surface area contributed by atoms with E-state index in [9.17, 15) is 22.0 Å². The number of anilines is 1. The molecular formula is C27H20F5N5. The molecule has 1 aromatic heterocycles. The largest absolute Gasteiger partial charge is 0.419 e. The molecule has 1 aliphatic heterocycles. The molecule has 37 heavy (non-hydrogen) atoms. The first kappa shape index (κ1) is 24.6. The quantitative estimate of drug-likeness (QED) is 0.246. The highest BCUT2D eigenvalue weighted by Gasteiger charge is 2.37. The van der Waals surface area contributed by atoms with Gasteiger partial charge in [0.05, 0.1) is 23.3 Å². The van der Waals surface area contributed by atoms with Crippen molar-refractivity contribution >= 4 is 22.5 Å². The molecule has 2 heterocycles. The number of rotatable bonds is 3. The Bertz CT molecular complexity index is 1540. The molecular weight excluding hydrogens is 489 g/mol. The number of piperidine rings is 1. The monoisotopic (exact) mass is 509 g/mol. The molecule has 5 nitrogen and oxygen atoms in total. The van der Waals surface area contributed by atoms with Crippen molar-refractivity contribution in [3.63, 3.8) is 0 Å². The van der Waals surface area contributed by atoms with E-state index in [0.717, 1.165) is 18.9 Å². The second kappa shape index (κ2) is 9.41. The fourth-order valence-corrected chi connectivity index (χ4v) is 4.54. The summed E-state index contributed by atoms with van der Waals surface area (Å²) in [5, 5.41) is 0.363. The highest BCUT2D eigenvalue weighted by Crippen LogP contribution is 2.40. The zero-order valence-electron chi connectivity index (χ0n) is 19.4.